The van der Waals surface area contributed by atoms with Gasteiger partial charge in [-0.05, 0) is 24.6 Å². The molecule has 4 heteroatoms. The molecule has 0 amide bonds. The standard InChI is InChI=1S/C15H18O4/c1-11(17)3-7-14(18)8-5-12-4-6-13(10-16)15(9-12)19-2/h4-6,8-9,16H,3,7,10H2,1-2H3/b8-5+. The average Bonchev–Trinajstić information content (AvgIpc) is 2.42. The lowest BCUT2D eigenvalue weighted by Crippen LogP contribution is -1.97. The number of Topliss-reactive ketones (excluding diaryl/α,β-unsaturated/α-hetero) is 1. The molecule has 0 aliphatic rings. The van der Waals surface area contributed by atoms with Crippen molar-refractivity contribution in [2.75, 3.05) is 7.11 Å². The number of ketones is 2. The fourth-order valence-corrected chi connectivity index (χ4v) is 1.57. The van der Waals surface area contributed by atoms with Crippen molar-refractivity contribution in [3.63, 3.8) is 0 Å². The zero-order chi connectivity index (χ0) is 14.3. The second kappa shape index (κ2) is 7.48. The number of ether oxygens (including phenoxy) is 1. The number of allylic oxidation sites excluding steroid dienone is 1. The molecule has 4 nitrogen and oxygen atoms in total. The van der Waals surface area contributed by atoms with Gasteiger partial charge in [0, 0.05) is 18.4 Å². The van der Waals surface area contributed by atoms with Crippen LogP contribution in [0, 0.1) is 0 Å². The molecule has 0 spiro atoms. The number of aliphatic hydroxyl groups is 1. The number of benzene rings is 1. The maximum absolute atomic E-state index is 11.5. The summed E-state index contributed by atoms with van der Waals surface area (Å²) in [7, 11) is 1.53. The second-order valence-electron chi connectivity index (χ2n) is 4.23. The maximum Gasteiger partial charge on any atom is 0.156 e. The van der Waals surface area contributed by atoms with Crippen LogP contribution in [0.25, 0.3) is 6.08 Å². The van der Waals surface area contributed by atoms with E-state index in [1.165, 1.54) is 20.1 Å². The third kappa shape index (κ3) is 5.06. The van der Waals surface area contributed by atoms with E-state index in [4.69, 9.17) is 9.84 Å². The summed E-state index contributed by atoms with van der Waals surface area (Å²) in [5, 5.41) is 9.10. The summed E-state index contributed by atoms with van der Waals surface area (Å²) in [5.74, 6) is 0.511. The molecule has 1 N–H and O–H groups in total. The molecule has 0 heterocycles. The first-order valence-electron chi connectivity index (χ1n) is 6.05. The van der Waals surface area contributed by atoms with Crippen LogP contribution in [-0.4, -0.2) is 23.8 Å². The normalized spacial score (nSPS) is 10.7. The zero-order valence-electron chi connectivity index (χ0n) is 11.2. The Kier molecular flexibility index (Phi) is 5.96. The number of aliphatic hydroxyl groups excluding tert-OH is 1. The molecular weight excluding hydrogens is 244 g/mol. The van der Waals surface area contributed by atoms with E-state index >= 15 is 0 Å². The number of methoxy groups -OCH3 is 1. The predicted molar refractivity (Wildman–Crippen MR) is 72.9 cm³/mol. The van der Waals surface area contributed by atoms with Gasteiger partial charge in [0.1, 0.15) is 11.5 Å². The molecule has 0 atom stereocenters. The number of hydrogen-bond acceptors (Lipinski definition) is 4. The van der Waals surface area contributed by atoms with Crippen molar-refractivity contribution in [2.24, 2.45) is 0 Å². The molecule has 0 saturated carbocycles. The van der Waals surface area contributed by atoms with Crippen LogP contribution in [0.2, 0.25) is 0 Å². The van der Waals surface area contributed by atoms with Crippen LogP contribution in [0.3, 0.4) is 0 Å². The summed E-state index contributed by atoms with van der Waals surface area (Å²) in [6.07, 6.45) is 3.64. The number of rotatable bonds is 7. The van der Waals surface area contributed by atoms with Gasteiger partial charge in [-0.15, -0.1) is 0 Å². The summed E-state index contributed by atoms with van der Waals surface area (Å²) < 4.78 is 5.14. The van der Waals surface area contributed by atoms with Crippen LogP contribution in [-0.2, 0) is 16.2 Å². The van der Waals surface area contributed by atoms with Crippen LogP contribution in [0.4, 0.5) is 0 Å². The smallest absolute Gasteiger partial charge is 0.156 e. The van der Waals surface area contributed by atoms with Crippen molar-refractivity contribution in [1.82, 2.24) is 0 Å². The first kappa shape index (κ1) is 15.1. The number of hydrogen-bond donors (Lipinski definition) is 1. The molecule has 0 radical (unpaired) electrons. The Morgan fingerprint density at radius 3 is 2.63 bits per heavy atom. The van der Waals surface area contributed by atoms with E-state index in [9.17, 15) is 9.59 Å². The molecular formula is C15H18O4. The largest absolute Gasteiger partial charge is 0.496 e. The second-order valence-corrected chi connectivity index (χ2v) is 4.23. The summed E-state index contributed by atoms with van der Waals surface area (Å²) >= 11 is 0. The molecule has 0 bridgehead atoms. The highest BCUT2D eigenvalue weighted by molar-refractivity contribution is 5.95. The van der Waals surface area contributed by atoms with Crippen molar-refractivity contribution in [3.8, 4) is 5.75 Å². The predicted octanol–water partition coefficient (Wildman–Crippen LogP) is 2.14. The quantitative estimate of drug-likeness (QED) is 0.765. The molecule has 1 rings (SSSR count). The maximum atomic E-state index is 11.5. The fourth-order valence-electron chi connectivity index (χ4n) is 1.57. The molecule has 0 unspecified atom stereocenters. The first-order chi connectivity index (χ1) is 9.06. The van der Waals surface area contributed by atoms with Gasteiger partial charge < -0.3 is 14.6 Å². The van der Waals surface area contributed by atoms with Gasteiger partial charge in [-0.3, -0.25) is 4.79 Å². The zero-order valence-corrected chi connectivity index (χ0v) is 11.2. The highest BCUT2D eigenvalue weighted by Crippen LogP contribution is 2.20. The van der Waals surface area contributed by atoms with Crippen molar-refractivity contribution in [2.45, 2.75) is 26.4 Å². The molecule has 0 aliphatic heterocycles. The van der Waals surface area contributed by atoms with E-state index in [2.05, 4.69) is 0 Å². The van der Waals surface area contributed by atoms with Crippen molar-refractivity contribution in [1.29, 1.82) is 0 Å². The van der Waals surface area contributed by atoms with Crippen molar-refractivity contribution < 1.29 is 19.4 Å². The lowest BCUT2D eigenvalue weighted by Gasteiger charge is -2.06. The fraction of sp³-hybridized carbons (Fsp3) is 0.333. The lowest BCUT2D eigenvalue weighted by molar-refractivity contribution is -0.120. The van der Waals surface area contributed by atoms with Crippen LogP contribution < -0.4 is 4.74 Å². The van der Waals surface area contributed by atoms with Gasteiger partial charge in [0.25, 0.3) is 0 Å². The summed E-state index contributed by atoms with van der Waals surface area (Å²) in [5.41, 5.74) is 1.51. The Morgan fingerprint density at radius 1 is 1.32 bits per heavy atom. The topological polar surface area (TPSA) is 63.6 Å². The van der Waals surface area contributed by atoms with E-state index in [1.54, 1.807) is 24.3 Å². The monoisotopic (exact) mass is 262 g/mol. The van der Waals surface area contributed by atoms with E-state index in [0.717, 1.165) is 5.56 Å². The van der Waals surface area contributed by atoms with E-state index in [1.807, 2.05) is 0 Å². The number of carbonyl (C=O) groups is 2. The Morgan fingerprint density at radius 2 is 2.05 bits per heavy atom. The van der Waals surface area contributed by atoms with Crippen molar-refractivity contribution in [3.05, 3.63) is 35.4 Å². The molecule has 0 saturated heterocycles. The molecule has 0 aliphatic carbocycles. The van der Waals surface area contributed by atoms with Gasteiger partial charge in [-0.2, -0.15) is 0 Å². The third-order valence-electron chi connectivity index (χ3n) is 2.67. The van der Waals surface area contributed by atoms with Gasteiger partial charge >= 0.3 is 0 Å². The minimum atomic E-state index is -0.0925. The Labute approximate surface area is 112 Å². The first-order valence-corrected chi connectivity index (χ1v) is 6.05. The minimum Gasteiger partial charge on any atom is -0.496 e. The lowest BCUT2D eigenvalue weighted by atomic mass is 10.1. The van der Waals surface area contributed by atoms with Crippen molar-refractivity contribution >= 4 is 17.6 Å². The van der Waals surface area contributed by atoms with Crippen LogP contribution in [0.1, 0.15) is 30.9 Å². The van der Waals surface area contributed by atoms with Crippen LogP contribution >= 0.6 is 0 Å². The highest BCUT2D eigenvalue weighted by Gasteiger charge is 2.03. The van der Waals surface area contributed by atoms with E-state index < -0.39 is 0 Å². The molecule has 0 aromatic heterocycles. The van der Waals surface area contributed by atoms with Gasteiger partial charge in [-0.1, -0.05) is 18.2 Å². The molecule has 102 valence electrons. The Balaban J connectivity index is 2.71. The van der Waals surface area contributed by atoms with Gasteiger partial charge in [0.2, 0.25) is 0 Å². The average molecular weight is 262 g/mol. The molecule has 0 fully saturated rings. The van der Waals surface area contributed by atoms with Gasteiger partial charge in [0.15, 0.2) is 5.78 Å². The van der Waals surface area contributed by atoms with Gasteiger partial charge in [0.05, 0.1) is 13.7 Å². The SMILES string of the molecule is COc1cc(/C=C/C(=O)CCC(C)=O)ccc1CO. The molecule has 19 heavy (non-hydrogen) atoms. The third-order valence-corrected chi connectivity index (χ3v) is 2.67. The summed E-state index contributed by atoms with van der Waals surface area (Å²) in [4.78, 5) is 22.2. The Hall–Kier alpha value is -1.94. The van der Waals surface area contributed by atoms with E-state index in [0.29, 0.717) is 11.3 Å². The molecule has 1 aromatic rings. The number of carbonyl (C=O) groups excluding carboxylic acids is 2. The highest BCUT2D eigenvalue weighted by atomic mass is 16.5. The van der Waals surface area contributed by atoms with Crippen LogP contribution in [0.5, 0.6) is 5.75 Å². The van der Waals surface area contributed by atoms with E-state index in [-0.39, 0.29) is 31.0 Å². The summed E-state index contributed by atoms with van der Waals surface area (Å²) in [6, 6.07) is 5.29. The summed E-state index contributed by atoms with van der Waals surface area (Å²) in [6.45, 7) is 1.38. The van der Waals surface area contributed by atoms with Crippen LogP contribution in [0.15, 0.2) is 24.3 Å². The minimum absolute atomic E-state index is 0.00992. The Bertz CT molecular complexity index is 489. The van der Waals surface area contributed by atoms with Gasteiger partial charge in [-0.25, -0.2) is 0 Å². The molecule has 1 aromatic carbocycles.